The highest BCUT2D eigenvalue weighted by Crippen LogP contribution is 1.73. The average Bonchev–Trinajstić information content (AvgIpc) is 3.01. The van der Waals surface area contributed by atoms with Gasteiger partial charge in [-0.05, 0) is 55.4 Å². The molecule has 0 aliphatic carbocycles. The van der Waals surface area contributed by atoms with Crippen molar-refractivity contribution in [2.45, 2.75) is 111 Å². The molecule has 0 atom stereocenters. The van der Waals surface area contributed by atoms with Gasteiger partial charge in [-0.25, -0.2) is 0 Å². The lowest BCUT2D eigenvalue weighted by Crippen LogP contribution is -1.95. The van der Waals surface area contributed by atoms with Crippen molar-refractivity contribution in [2.75, 3.05) is 67.1 Å². The zero-order valence-electron chi connectivity index (χ0n) is 35.1. The van der Waals surface area contributed by atoms with E-state index in [1.807, 2.05) is 0 Å². The topological polar surface area (TPSA) is 251 Å². The Morgan fingerprint density at radius 2 is 0.308 bits per heavy atom. The molecule has 0 aliphatic heterocycles. The van der Waals surface area contributed by atoms with Crippen LogP contribution in [0, 0.1) is 0 Å². The van der Waals surface area contributed by atoms with Crippen LogP contribution < -0.4 is 0 Å². The molecule has 0 aromatic rings. The van der Waals surface area contributed by atoms with Crippen molar-refractivity contribution in [1.29, 1.82) is 0 Å². The maximum Gasteiger partial charge on any atom is 0.302 e. The molecule has 0 spiro atoms. The van der Waals surface area contributed by atoms with Crippen LogP contribution in [0.2, 0.25) is 0 Å². The smallest absolute Gasteiger partial charge is 0.302 e. The summed E-state index contributed by atoms with van der Waals surface area (Å²) in [4.78, 5) is 78.6. The van der Waals surface area contributed by atoms with E-state index in [0.717, 1.165) is 14.2 Å². The van der Waals surface area contributed by atoms with Crippen LogP contribution in [0.15, 0.2) is 0 Å². The summed E-state index contributed by atoms with van der Waals surface area (Å²) in [5.74, 6) is -1.69. The minimum absolute atomic E-state index is 0.211. The monoisotopic (exact) mass is 768 g/mol. The van der Waals surface area contributed by atoms with Crippen LogP contribution in [-0.4, -0.2) is 125 Å². The fourth-order valence-corrected chi connectivity index (χ4v) is 1.63. The van der Waals surface area contributed by atoms with Gasteiger partial charge in [0, 0.05) is 69.6 Å². The van der Waals surface area contributed by atoms with Crippen molar-refractivity contribution >= 4 is 47.8 Å². The Kier molecular flexibility index (Phi) is 108. The maximum absolute atomic E-state index is 9.82. The average molecular weight is 769 g/mol. The number of aliphatic hydroxyl groups is 2. The molecule has 0 rings (SSSR count). The molecule has 0 amide bonds. The van der Waals surface area contributed by atoms with Crippen LogP contribution in [0.5, 0.6) is 0 Å². The number of esters is 8. The van der Waals surface area contributed by atoms with Crippen molar-refractivity contribution in [2.24, 2.45) is 0 Å². The van der Waals surface area contributed by atoms with E-state index in [0.29, 0.717) is 52.9 Å². The Morgan fingerprint density at radius 1 is 0.250 bits per heavy atom. The summed E-state index contributed by atoms with van der Waals surface area (Å²) in [6, 6.07) is 0. The van der Waals surface area contributed by atoms with Gasteiger partial charge in [0.15, 0.2) is 0 Å². The zero-order valence-corrected chi connectivity index (χ0v) is 35.1. The Hall–Kier alpha value is -4.32. The molecule has 0 heterocycles. The molecule has 0 fully saturated rings. The molecule has 0 aromatic heterocycles. The molecular weight excluding hydrogens is 696 g/mol. The first-order valence-corrected chi connectivity index (χ1v) is 16.1. The molecule has 0 saturated carbocycles. The van der Waals surface area contributed by atoms with Crippen molar-refractivity contribution in [3.8, 4) is 0 Å². The number of aliphatic hydroxyl groups excluding tert-OH is 2. The highest BCUT2D eigenvalue weighted by molar-refractivity contribution is 5.67. The van der Waals surface area contributed by atoms with Crippen LogP contribution in [0.1, 0.15) is 111 Å². The van der Waals surface area contributed by atoms with Crippen molar-refractivity contribution in [3.63, 3.8) is 0 Å². The molecule has 0 unspecified atom stereocenters. The van der Waals surface area contributed by atoms with E-state index in [1.54, 1.807) is 55.4 Å². The summed E-state index contributed by atoms with van der Waals surface area (Å²) < 4.78 is 35.2. The van der Waals surface area contributed by atoms with Gasteiger partial charge in [0.25, 0.3) is 0 Å². The van der Waals surface area contributed by atoms with Gasteiger partial charge in [0.05, 0.1) is 52.9 Å². The van der Waals surface area contributed by atoms with E-state index in [2.05, 4.69) is 37.9 Å². The molecule has 0 aromatic carbocycles. The van der Waals surface area contributed by atoms with E-state index < -0.39 is 0 Å². The zero-order chi connectivity index (χ0) is 43.9. The molecular formula is C34H72O18. The predicted octanol–water partition coefficient (Wildman–Crippen LogP) is 3.77. The SMILES string of the molecule is CCOC(C)=O.CCOC(C)=O.CCOC(C)=O.CCOC(C)=O.CCOC(C)=O.CCOC(C)=O.CCOC(C)=O.CCOC(C)=O.CO.CO. The van der Waals surface area contributed by atoms with E-state index >= 15 is 0 Å². The van der Waals surface area contributed by atoms with E-state index in [9.17, 15) is 38.4 Å². The van der Waals surface area contributed by atoms with Gasteiger partial charge in [-0.2, -0.15) is 0 Å². The molecule has 52 heavy (non-hydrogen) atoms. The molecule has 18 heteroatoms. The third-order valence-corrected chi connectivity index (χ3v) is 2.78. The molecule has 0 bridgehead atoms. The van der Waals surface area contributed by atoms with Crippen molar-refractivity contribution in [1.82, 2.24) is 0 Å². The molecule has 0 radical (unpaired) electrons. The summed E-state index contributed by atoms with van der Waals surface area (Å²) in [7, 11) is 2.00. The quantitative estimate of drug-likeness (QED) is 0.263. The number of carbonyl (C=O) groups excluding carboxylic acids is 8. The largest absolute Gasteiger partial charge is 0.466 e. The Bertz CT molecular complexity index is 592. The maximum atomic E-state index is 9.82. The first kappa shape index (κ1) is 73.2. The second kappa shape index (κ2) is 76.5. The Balaban J connectivity index is -0.0000000478. The number of hydrogen-bond acceptors (Lipinski definition) is 18. The van der Waals surface area contributed by atoms with E-state index in [1.165, 1.54) is 55.4 Å². The van der Waals surface area contributed by atoms with Gasteiger partial charge in [-0.15, -0.1) is 0 Å². The molecule has 0 saturated heterocycles. The van der Waals surface area contributed by atoms with Crippen molar-refractivity contribution < 1.29 is 86.5 Å². The predicted molar refractivity (Wildman–Crippen MR) is 195 cm³/mol. The van der Waals surface area contributed by atoms with Gasteiger partial charge < -0.3 is 48.1 Å². The van der Waals surface area contributed by atoms with Crippen LogP contribution in [-0.2, 0) is 76.3 Å². The number of hydrogen-bond donors (Lipinski definition) is 2. The lowest BCUT2D eigenvalue weighted by Gasteiger charge is -1.89. The van der Waals surface area contributed by atoms with Crippen LogP contribution in [0.25, 0.3) is 0 Å². The standard InChI is InChI=1S/8C4H8O2.2CH4O/c8*1-3-6-4(2)5;2*1-2/h8*3H2,1-2H3;2*2H,1H3. The van der Waals surface area contributed by atoms with Crippen LogP contribution in [0.4, 0.5) is 0 Å². The highest BCUT2D eigenvalue weighted by Gasteiger charge is 1.85. The summed E-state index contributed by atoms with van der Waals surface area (Å²) in [6.45, 7) is 29.2. The molecule has 2 N–H and O–H groups in total. The van der Waals surface area contributed by atoms with Gasteiger partial charge in [0.2, 0.25) is 0 Å². The Labute approximate surface area is 312 Å². The normalized spacial score (nSPS) is 7.31. The first-order valence-electron chi connectivity index (χ1n) is 16.1. The summed E-state index contributed by atoms with van der Waals surface area (Å²) in [6.07, 6.45) is 0. The third-order valence-electron chi connectivity index (χ3n) is 2.78. The number of ether oxygens (including phenoxy) is 8. The van der Waals surface area contributed by atoms with Gasteiger partial charge in [-0.3, -0.25) is 38.4 Å². The Morgan fingerprint density at radius 3 is 0.308 bits per heavy atom. The van der Waals surface area contributed by atoms with Gasteiger partial charge in [-0.1, -0.05) is 0 Å². The van der Waals surface area contributed by atoms with E-state index in [4.69, 9.17) is 10.2 Å². The van der Waals surface area contributed by atoms with Gasteiger partial charge in [0.1, 0.15) is 0 Å². The van der Waals surface area contributed by atoms with Crippen molar-refractivity contribution in [3.05, 3.63) is 0 Å². The minimum atomic E-state index is -0.211. The minimum Gasteiger partial charge on any atom is -0.466 e. The fourth-order valence-electron chi connectivity index (χ4n) is 1.63. The van der Waals surface area contributed by atoms with Crippen LogP contribution >= 0.6 is 0 Å². The second-order valence-electron chi connectivity index (χ2n) is 7.40. The molecule has 316 valence electrons. The second-order valence-corrected chi connectivity index (χ2v) is 7.40. The number of carbonyl (C=O) groups is 8. The fraction of sp³-hybridized carbons (Fsp3) is 0.765. The van der Waals surface area contributed by atoms with Gasteiger partial charge >= 0.3 is 47.8 Å². The molecule has 0 aliphatic rings. The van der Waals surface area contributed by atoms with E-state index in [-0.39, 0.29) is 47.8 Å². The number of rotatable bonds is 8. The lowest BCUT2D eigenvalue weighted by molar-refractivity contribution is -0.141. The highest BCUT2D eigenvalue weighted by atomic mass is 16.6. The van der Waals surface area contributed by atoms with Crippen LogP contribution in [0.3, 0.4) is 0 Å². The lowest BCUT2D eigenvalue weighted by atomic mass is 10.8. The summed E-state index contributed by atoms with van der Waals surface area (Å²) in [5, 5.41) is 14.0. The first-order chi connectivity index (χ1) is 24.2. The summed E-state index contributed by atoms with van der Waals surface area (Å²) >= 11 is 0. The third kappa shape index (κ3) is 235. The molecule has 18 nitrogen and oxygen atoms in total. The summed E-state index contributed by atoms with van der Waals surface area (Å²) in [5.41, 5.74) is 0.